The second-order valence-electron chi connectivity index (χ2n) is 7.53. The summed E-state index contributed by atoms with van der Waals surface area (Å²) in [5.41, 5.74) is 0.500. The lowest BCUT2D eigenvalue weighted by molar-refractivity contribution is -0.114. The Morgan fingerprint density at radius 1 is 0.889 bits per heavy atom. The molecule has 0 heterocycles. The van der Waals surface area contributed by atoms with Gasteiger partial charge in [-0.3, -0.25) is 0 Å². The molecular formula is C15H37O2P. The molecular weight excluding hydrogens is 243 g/mol. The van der Waals surface area contributed by atoms with E-state index in [-0.39, 0.29) is 5.78 Å². The number of rotatable bonds is 0. The first-order chi connectivity index (χ1) is 7.46. The Balaban J connectivity index is -0.0000000731. The van der Waals surface area contributed by atoms with Crippen molar-refractivity contribution in [3.63, 3.8) is 0 Å². The van der Waals surface area contributed by atoms with E-state index in [2.05, 4.69) is 48.5 Å². The van der Waals surface area contributed by atoms with Crippen LogP contribution >= 0.6 is 7.14 Å². The molecule has 0 radical (unpaired) electrons. The zero-order valence-electron chi connectivity index (χ0n) is 14.8. The van der Waals surface area contributed by atoms with E-state index in [1.807, 2.05) is 0 Å². The van der Waals surface area contributed by atoms with Crippen molar-refractivity contribution in [1.29, 1.82) is 0 Å². The smallest absolute Gasteiger partial charge is 0.126 e. The molecule has 3 heteroatoms. The number of hydrogen-bond acceptors (Lipinski definition) is 2. The van der Waals surface area contributed by atoms with Crippen molar-refractivity contribution in [3.8, 4) is 0 Å². The molecule has 0 aromatic rings. The highest BCUT2D eigenvalue weighted by Crippen LogP contribution is 2.28. The Morgan fingerprint density at radius 2 is 0.889 bits per heavy atom. The van der Waals surface area contributed by atoms with Crippen LogP contribution in [0.2, 0.25) is 0 Å². The molecule has 0 rings (SSSR count). The summed E-state index contributed by atoms with van der Waals surface area (Å²) < 4.78 is 10.2. The molecule has 114 valence electrons. The van der Waals surface area contributed by atoms with Crippen molar-refractivity contribution < 1.29 is 9.36 Å². The highest BCUT2D eigenvalue weighted by atomic mass is 31.2. The molecule has 18 heavy (non-hydrogen) atoms. The van der Waals surface area contributed by atoms with E-state index >= 15 is 0 Å². The van der Waals surface area contributed by atoms with Crippen molar-refractivity contribution in [2.75, 3.05) is 20.0 Å². The Bertz CT molecular complexity index is 198. The first-order valence-corrected chi connectivity index (χ1v) is 9.51. The third kappa shape index (κ3) is 353000. The van der Waals surface area contributed by atoms with Crippen molar-refractivity contribution in [2.45, 2.75) is 62.3 Å². The van der Waals surface area contributed by atoms with Crippen LogP contribution in [0.25, 0.3) is 0 Å². The van der Waals surface area contributed by atoms with Gasteiger partial charge in [0.25, 0.3) is 0 Å². The maximum Gasteiger partial charge on any atom is 0.126 e. The molecule has 0 aromatic carbocycles. The van der Waals surface area contributed by atoms with Gasteiger partial charge in [0.05, 0.1) is 7.14 Å². The lowest BCUT2D eigenvalue weighted by Crippen LogP contribution is -1.93. The van der Waals surface area contributed by atoms with E-state index < -0.39 is 7.14 Å². The number of carbonyl (C=O) groups excluding carboxylic acids is 1. The molecule has 0 saturated carbocycles. The Labute approximate surface area is 116 Å². The molecule has 0 bridgehead atoms. The summed E-state index contributed by atoms with van der Waals surface area (Å²) in [6, 6.07) is 0. The van der Waals surface area contributed by atoms with Crippen LogP contribution in [0.4, 0.5) is 0 Å². The molecule has 0 aromatic heterocycles. The van der Waals surface area contributed by atoms with Gasteiger partial charge in [0, 0.05) is 0 Å². The SMILES string of the molecule is CC(C)(C)C.CC(C)=O.CC(C)C.CP(C)(C)=O. The molecule has 0 aliphatic rings. The van der Waals surface area contributed by atoms with Crippen LogP contribution in [0.5, 0.6) is 0 Å². The van der Waals surface area contributed by atoms with Crippen LogP contribution in [0.3, 0.4) is 0 Å². The first-order valence-electron chi connectivity index (χ1n) is 6.46. The minimum atomic E-state index is -1.64. The molecule has 0 aliphatic heterocycles. The second kappa shape index (κ2) is 13.3. The van der Waals surface area contributed by atoms with E-state index in [9.17, 15) is 9.36 Å². The summed E-state index contributed by atoms with van der Waals surface area (Å²) >= 11 is 0. The average Bonchev–Trinajstić information content (AvgIpc) is 1.70. The van der Waals surface area contributed by atoms with Crippen molar-refractivity contribution >= 4 is 12.9 Å². The maximum absolute atomic E-state index is 10.2. The number of Topliss-reactive ketones (excluding diaryl/α,β-unsaturated/α-hetero) is 1. The van der Waals surface area contributed by atoms with Crippen LogP contribution in [-0.2, 0) is 9.36 Å². The minimum absolute atomic E-state index is 0.167. The number of carbonyl (C=O) groups is 1. The van der Waals surface area contributed by atoms with Gasteiger partial charge >= 0.3 is 0 Å². The molecule has 0 atom stereocenters. The highest BCUT2D eigenvalue weighted by molar-refractivity contribution is 7.61. The fourth-order valence-corrected chi connectivity index (χ4v) is 0. The highest BCUT2D eigenvalue weighted by Gasteiger charge is 1.95. The molecule has 2 nitrogen and oxygen atoms in total. The van der Waals surface area contributed by atoms with Gasteiger partial charge in [0.2, 0.25) is 0 Å². The van der Waals surface area contributed by atoms with Crippen LogP contribution in [-0.4, -0.2) is 25.8 Å². The van der Waals surface area contributed by atoms with Crippen molar-refractivity contribution in [2.24, 2.45) is 11.3 Å². The molecule has 0 amide bonds. The number of hydrogen-bond donors (Lipinski definition) is 0. The minimum Gasteiger partial charge on any atom is -0.324 e. The maximum atomic E-state index is 10.2. The van der Waals surface area contributed by atoms with Gasteiger partial charge in [0.1, 0.15) is 5.78 Å². The summed E-state index contributed by atoms with van der Waals surface area (Å²) in [5, 5.41) is 0. The largest absolute Gasteiger partial charge is 0.324 e. The Kier molecular flexibility index (Phi) is 19.6. The van der Waals surface area contributed by atoms with Gasteiger partial charge in [-0.2, -0.15) is 0 Å². The fraction of sp³-hybridized carbons (Fsp3) is 0.933. The summed E-state index contributed by atoms with van der Waals surface area (Å²) in [6.45, 7) is 23.5. The van der Waals surface area contributed by atoms with Gasteiger partial charge in [0.15, 0.2) is 0 Å². The quantitative estimate of drug-likeness (QED) is 0.545. The van der Waals surface area contributed by atoms with Crippen LogP contribution in [0.1, 0.15) is 62.3 Å². The van der Waals surface area contributed by atoms with E-state index in [0.29, 0.717) is 5.41 Å². The monoisotopic (exact) mass is 280 g/mol. The van der Waals surface area contributed by atoms with Crippen molar-refractivity contribution in [3.05, 3.63) is 0 Å². The predicted molar refractivity (Wildman–Crippen MR) is 87.4 cm³/mol. The van der Waals surface area contributed by atoms with Crippen LogP contribution < -0.4 is 0 Å². The van der Waals surface area contributed by atoms with Gasteiger partial charge in [-0.1, -0.05) is 48.5 Å². The lowest BCUT2D eigenvalue weighted by Gasteiger charge is -2.05. The molecule has 0 fully saturated rings. The predicted octanol–water partition coefficient (Wildman–Crippen LogP) is 5.55. The summed E-state index contributed by atoms with van der Waals surface area (Å²) in [5.74, 6) is 1.00. The molecule has 0 unspecified atom stereocenters. The van der Waals surface area contributed by atoms with Gasteiger partial charge < -0.3 is 9.36 Å². The Hall–Kier alpha value is -0.100. The fourth-order valence-electron chi connectivity index (χ4n) is 0. The summed E-state index contributed by atoms with van der Waals surface area (Å²) in [4.78, 5) is 9.44. The standard InChI is InChI=1S/C5H12.C4H10.C3H9OP.C3H6O/c1-5(2,3)4;1-4(2)3;1-5(2,3)4;1-3(2)4/h1-4H3;4H,1-3H3;1-3H3;1-2H3. The lowest BCUT2D eigenvalue weighted by atomic mass is 10.0. The zero-order valence-corrected chi connectivity index (χ0v) is 15.7. The Morgan fingerprint density at radius 3 is 0.889 bits per heavy atom. The zero-order chi connectivity index (χ0) is 16.2. The van der Waals surface area contributed by atoms with Gasteiger partial charge in [-0.15, -0.1) is 0 Å². The molecule has 0 aliphatic carbocycles. The first kappa shape index (κ1) is 26.5. The van der Waals surface area contributed by atoms with E-state index in [1.165, 1.54) is 13.8 Å². The van der Waals surface area contributed by atoms with Crippen LogP contribution in [0.15, 0.2) is 0 Å². The van der Waals surface area contributed by atoms with E-state index in [0.717, 1.165) is 5.92 Å². The molecule has 0 N–H and O–H groups in total. The van der Waals surface area contributed by atoms with E-state index in [1.54, 1.807) is 20.0 Å². The average molecular weight is 280 g/mol. The molecule has 0 saturated heterocycles. The van der Waals surface area contributed by atoms with Crippen LogP contribution in [0, 0.1) is 11.3 Å². The number of ketones is 1. The topological polar surface area (TPSA) is 34.1 Å². The van der Waals surface area contributed by atoms with Gasteiger partial charge in [-0.25, -0.2) is 0 Å². The third-order valence-corrected chi connectivity index (χ3v) is 0. The third-order valence-electron chi connectivity index (χ3n) is 0. The summed E-state index contributed by atoms with van der Waals surface area (Å²) in [6.07, 6.45) is 0. The summed E-state index contributed by atoms with van der Waals surface area (Å²) in [7, 11) is -1.64. The molecule has 0 spiro atoms. The normalized spacial score (nSPS) is 10.1. The second-order valence-corrected chi connectivity index (χ2v) is 11.3. The van der Waals surface area contributed by atoms with E-state index in [4.69, 9.17) is 0 Å². The van der Waals surface area contributed by atoms with Crippen molar-refractivity contribution in [1.82, 2.24) is 0 Å². The van der Waals surface area contributed by atoms with Gasteiger partial charge in [-0.05, 0) is 45.2 Å².